The van der Waals surface area contributed by atoms with Gasteiger partial charge in [-0.05, 0) is 37.3 Å². The second-order valence-corrected chi connectivity index (χ2v) is 4.48. The largest absolute Gasteiger partial charge is 0.299 e. The summed E-state index contributed by atoms with van der Waals surface area (Å²) < 4.78 is 0. The van der Waals surface area contributed by atoms with Crippen LogP contribution in [0.4, 0.5) is 0 Å². The minimum atomic E-state index is 0.252. The van der Waals surface area contributed by atoms with E-state index in [0.717, 1.165) is 25.7 Å². The summed E-state index contributed by atoms with van der Waals surface area (Å²) in [7, 11) is 0. The topological polar surface area (TPSA) is 30.0 Å². The number of ketones is 1. The van der Waals surface area contributed by atoms with Gasteiger partial charge >= 0.3 is 0 Å². The first kappa shape index (κ1) is 10.3. The van der Waals surface area contributed by atoms with Crippen molar-refractivity contribution < 1.29 is 4.79 Å². The van der Waals surface area contributed by atoms with Crippen molar-refractivity contribution in [1.29, 1.82) is 0 Å². The van der Waals surface area contributed by atoms with Crippen molar-refractivity contribution in [3.8, 4) is 0 Å². The molecule has 0 N–H and O–H groups in total. The van der Waals surface area contributed by atoms with E-state index in [-0.39, 0.29) is 5.92 Å². The SMILES string of the molecule is Cc1cncc(CC2CCCCC2=O)c1. The Hall–Kier alpha value is -1.18. The summed E-state index contributed by atoms with van der Waals surface area (Å²) in [5, 5.41) is 0. The average molecular weight is 203 g/mol. The summed E-state index contributed by atoms with van der Waals surface area (Å²) in [4.78, 5) is 15.8. The first-order valence-electron chi connectivity index (χ1n) is 5.69. The normalized spacial score (nSPS) is 21.7. The molecule has 2 rings (SSSR count). The van der Waals surface area contributed by atoms with Crippen molar-refractivity contribution in [3.63, 3.8) is 0 Å². The van der Waals surface area contributed by atoms with Gasteiger partial charge in [0.05, 0.1) is 0 Å². The third-order valence-corrected chi connectivity index (χ3v) is 3.09. The van der Waals surface area contributed by atoms with Gasteiger partial charge in [-0.3, -0.25) is 9.78 Å². The Morgan fingerprint density at radius 3 is 3.00 bits per heavy atom. The molecule has 1 aromatic heterocycles. The number of Topliss-reactive ketones (excluding diaryl/α,β-unsaturated/α-hetero) is 1. The molecule has 0 spiro atoms. The summed E-state index contributed by atoms with van der Waals surface area (Å²) >= 11 is 0. The molecule has 1 aromatic rings. The lowest BCUT2D eigenvalue weighted by Crippen LogP contribution is -2.21. The number of aromatic nitrogens is 1. The van der Waals surface area contributed by atoms with Crippen LogP contribution in [0.2, 0.25) is 0 Å². The number of carbonyl (C=O) groups is 1. The van der Waals surface area contributed by atoms with Gasteiger partial charge in [0.2, 0.25) is 0 Å². The molecule has 1 aliphatic rings. The molecular weight excluding hydrogens is 186 g/mol. The molecule has 0 saturated heterocycles. The van der Waals surface area contributed by atoms with Crippen molar-refractivity contribution >= 4 is 5.78 Å². The molecule has 1 unspecified atom stereocenters. The molecule has 1 aliphatic carbocycles. The number of carbonyl (C=O) groups excluding carboxylic acids is 1. The standard InChI is InChI=1S/C13H17NO/c1-10-6-11(9-14-8-10)7-12-4-2-3-5-13(12)15/h6,8-9,12H,2-5,7H2,1H3. The van der Waals surface area contributed by atoms with Gasteiger partial charge in [0.1, 0.15) is 5.78 Å². The maximum atomic E-state index is 11.7. The van der Waals surface area contributed by atoms with E-state index in [9.17, 15) is 4.79 Å². The number of nitrogens with zero attached hydrogens (tertiary/aromatic N) is 1. The predicted molar refractivity (Wildman–Crippen MR) is 59.6 cm³/mol. The molecule has 15 heavy (non-hydrogen) atoms. The van der Waals surface area contributed by atoms with E-state index >= 15 is 0 Å². The Morgan fingerprint density at radius 2 is 2.27 bits per heavy atom. The molecule has 1 heterocycles. The first-order chi connectivity index (χ1) is 7.25. The number of rotatable bonds is 2. The third kappa shape index (κ3) is 2.65. The van der Waals surface area contributed by atoms with E-state index in [1.807, 2.05) is 19.3 Å². The van der Waals surface area contributed by atoms with Crippen LogP contribution >= 0.6 is 0 Å². The fourth-order valence-corrected chi connectivity index (χ4v) is 2.28. The Kier molecular flexibility index (Phi) is 3.14. The second-order valence-electron chi connectivity index (χ2n) is 4.48. The lowest BCUT2D eigenvalue weighted by atomic mass is 9.84. The van der Waals surface area contributed by atoms with E-state index in [1.165, 1.54) is 17.5 Å². The van der Waals surface area contributed by atoms with Crippen LogP contribution in [0.5, 0.6) is 0 Å². The fourth-order valence-electron chi connectivity index (χ4n) is 2.28. The Bertz CT molecular complexity index is 359. The third-order valence-electron chi connectivity index (χ3n) is 3.09. The molecule has 1 saturated carbocycles. The highest BCUT2D eigenvalue weighted by Crippen LogP contribution is 2.24. The highest BCUT2D eigenvalue weighted by molar-refractivity contribution is 5.81. The van der Waals surface area contributed by atoms with Crippen LogP contribution < -0.4 is 0 Å². The zero-order valence-electron chi connectivity index (χ0n) is 9.20. The van der Waals surface area contributed by atoms with E-state index in [2.05, 4.69) is 11.1 Å². The van der Waals surface area contributed by atoms with Crippen LogP contribution in [-0.2, 0) is 11.2 Å². The van der Waals surface area contributed by atoms with Crippen molar-refractivity contribution in [3.05, 3.63) is 29.6 Å². The summed E-state index contributed by atoms with van der Waals surface area (Å²) in [5.41, 5.74) is 2.38. The summed E-state index contributed by atoms with van der Waals surface area (Å²) in [6, 6.07) is 2.13. The molecule has 80 valence electrons. The lowest BCUT2D eigenvalue weighted by Gasteiger charge is -2.20. The fraction of sp³-hybridized carbons (Fsp3) is 0.538. The monoisotopic (exact) mass is 203 g/mol. The van der Waals surface area contributed by atoms with Gasteiger partial charge in [-0.25, -0.2) is 0 Å². The van der Waals surface area contributed by atoms with Crippen molar-refractivity contribution in [2.45, 2.75) is 39.0 Å². The molecule has 0 amide bonds. The summed E-state index contributed by atoms with van der Waals surface area (Å²) in [5.74, 6) is 0.699. The summed E-state index contributed by atoms with van der Waals surface area (Å²) in [6.45, 7) is 2.04. The molecule has 2 nitrogen and oxygen atoms in total. The van der Waals surface area contributed by atoms with Crippen LogP contribution in [0, 0.1) is 12.8 Å². The van der Waals surface area contributed by atoms with E-state index in [0.29, 0.717) is 5.78 Å². The molecule has 2 heteroatoms. The van der Waals surface area contributed by atoms with Crippen LogP contribution in [0.3, 0.4) is 0 Å². The minimum Gasteiger partial charge on any atom is -0.299 e. The van der Waals surface area contributed by atoms with E-state index in [1.54, 1.807) is 0 Å². The maximum absolute atomic E-state index is 11.7. The lowest BCUT2D eigenvalue weighted by molar-refractivity contribution is -0.124. The van der Waals surface area contributed by atoms with Gasteiger partial charge in [0, 0.05) is 24.7 Å². The van der Waals surface area contributed by atoms with Crippen LogP contribution in [0.25, 0.3) is 0 Å². The van der Waals surface area contributed by atoms with Crippen LogP contribution in [-0.4, -0.2) is 10.8 Å². The average Bonchev–Trinajstić information content (AvgIpc) is 2.22. The van der Waals surface area contributed by atoms with Gasteiger partial charge in [0.25, 0.3) is 0 Å². The molecular formula is C13H17NO. The molecule has 0 radical (unpaired) electrons. The van der Waals surface area contributed by atoms with E-state index < -0.39 is 0 Å². The smallest absolute Gasteiger partial charge is 0.136 e. The predicted octanol–water partition coefficient (Wildman–Crippen LogP) is 2.69. The summed E-state index contributed by atoms with van der Waals surface area (Å²) in [6.07, 6.45) is 8.75. The molecule has 0 aliphatic heterocycles. The minimum absolute atomic E-state index is 0.252. The zero-order chi connectivity index (χ0) is 10.7. The molecule has 0 bridgehead atoms. The molecule has 0 aromatic carbocycles. The number of pyridine rings is 1. The van der Waals surface area contributed by atoms with Gasteiger partial charge in [-0.2, -0.15) is 0 Å². The quantitative estimate of drug-likeness (QED) is 0.739. The highest BCUT2D eigenvalue weighted by atomic mass is 16.1. The Labute approximate surface area is 90.7 Å². The second kappa shape index (κ2) is 4.56. The maximum Gasteiger partial charge on any atom is 0.136 e. The molecule has 1 fully saturated rings. The van der Waals surface area contributed by atoms with Gasteiger partial charge < -0.3 is 0 Å². The number of aryl methyl sites for hydroxylation is 1. The Balaban J connectivity index is 2.04. The number of hydrogen-bond acceptors (Lipinski definition) is 2. The van der Waals surface area contributed by atoms with E-state index in [4.69, 9.17) is 0 Å². The van der Waals surface area contributed by atoms with Crippen molar-refractivity contribution in [2.75, 3.05) is 0 Å². The van der Waals surface area contributed by atoms with Crippen LogP contribution in [0.1, 0.15) is 36.8 Å². The van der Waals surface area contributed by atoms with Gasteiger partial charge in [-0.15, -0.1) is 0 Å². The van der Waals surface area contributed by atoms with Crippen LogP contribution in [0.15, 0.2) is 18.5 Å². The highest BCUT2D eigenvalue weighted by Gasteiger charge is 2.22. The zero-order valence-corrected chi connectivity index (χ0v) is 9.20. The van der Waals surface area contributed by atoms with Crippen molar-refractivity contribution in [2.24, 2.45) is 5.92 Å². The Morgan fingerprint density at radius 1 is 1.40 bits per heavy atom. The van der Waals surface area contributed by atoms with Gasteiger partial charge in [0.15, 0.2) is 0 Å². The number of hydrogen-bond donors (Lipinski definition) is 0. The van der Waals surface area contributed by atoms with Gasteiger partial charge in [-0.1, -0.05) is 12.5 Å². The first-order valence-corrected chi connectivity index (χ1v) is 5.69. The van der Waals surface area contributed by atoms with Crippen molar-refractivity contribution in [1.82, 2.24) is 4.98 Å². The molecule has 1 atom stereocenters.